The summed E-state index contributed by atoms with van der Waals surface area (Å²) in [6.45, 7) is 14.3. The molecule has 1 heterocycles. The van der Waals surface area contributed by atoms with Gasteiger partial charge in [0.15, 0.2) is 5.78 Å². The molecule has 11 unspecified atom stereocenters. The Morgan fingerprint density at radius 3 is 2.48 bits per heavy atom. The Hall–Kier alpha value is -2.48. The predicted molar refractivity (Wildman–Crippen MR) is 208 cm³/mol. The van der Waals surface area contributed by atoms with Crippen LogP contribution in [0.3, 0.4) is 0 Å². The van der Waals surface area contributed by atoms with Crippen LogP contribution >= 0.6 is 11.3 Å². The first-order chi connectivity index (χ1) is 24.7. The molecule has 6 nitrogen and oxygen atoms in total. The van der Waals surface area contributed by atoms with Crippen molar-refractivity contribution in [2.75, 3.05) is 13.1 Å². The summed E-state index contributed by atoms with van der Waals surface area (Å²) in [5, 5.41) is 25.2. The molecular weight excluding hydrogens is 667 g/mol. The number of aliphatic hydroxyl groups is 2. The highest BCUT2D eigenvalue weighted by Crippen LogP contribution is 2.78. The molecule has 52 heavy (non-hydrogen) atoms. The highest BCUT2D eigenvalue weighted by atomic mass is 32.1. The molecule has 2 aromatic rings. The molecule has 0 saturated heterocycles. The molecule has 1 aromatic heterocycles. The van der Waals surface area contributed by atoms with Crippen LogP contribution in [0.2, 0.25) is 0 Å². The molecule has 1 amide bonds. The molecule has 7 aliphatic rings. The van der Waals surface area contributed by atoms with E-state index < -0.39 is 16.4 Å². The smallest absolute Gasteiger partial charge is 0.410 e. The van der Waals surface area contributed by atoms with Gasteiger partial charge in [-0.05, 0) is 117 Å². The minimum Gasteiger partial charge on any atom is -0.446 e. The number of ether oxygens (including phenoxy) is 1. The van der Waals surface area contributed by atoms with Gasteiger partial charge >= 0.3 is 6.09 Å². The van der Waals surface area contributed by atoms with Crippen molar-refractivity contribution in [3.8, 4) is 0 Å². The zero-order valence-corrected chi connectivity index (χ0v) is 33.1. The molecule has 2 N–H and O–H groups in total. The normalized spacial score (nSPS) is 42.1. The maximum atomic E-state index is 15.1. The zero-order valence-electron chi connectivity index (χ0n) is 32.3. The monoisotopic (exact) mass is 727 g/mol. The number of thiophene rings is 1. The molecule has 11 atom stereocenters. The van der Waals surface area contributed by atoms with Crippen LogP contribution < -0.4 is 0 Å². The standard InChI is InChI=1S/C45H61NO5S/c1-7-22-46(40(49)51-34-23-29(4)12-13-32(34)28(2)3)27-44(50)19-16-38-42(44,6)18-15-37-41(5)17-14-31(47)25-43(41)20-21-45(37,38)33(26-43)39(48)36-24-30-10-8-9-11-35(30)52-36/h8-11,20-21,24,26,28-29,31-32,34,37-38,47,50H,7,12-19,22-23,25,27H2,1-6H3. The highest BCUT2D eigenvalue weighted by Gasteiger charge is 2.74. The van der Waals surface area contributed by atoms with Crippen molar-refractivity contribution < 1.29 is 24.5 Å². The summed E-state index contributed by atoms with van der Waals surface area (Å²) in [6.07, 6.45) is 15.7. The average molecular weight is 728 g/mol. The van der Waals surface area contributed by atoms with Crippen molar-refractivity contribution in [1.29, 1.82) is 0 Å². The molecule has 282 valence electrons. The van der Waals surface area contributed by atoms with Gasteiger partial charge in [-0.1, -0.05) is 84.4 Å². The van der Waals surface area contributed by atoms with Gasteiger partial charge in [0.2, 0.25) is 0 Å². The number of hydrogen-bond acceptors (Lipinski definition) is 6. The van der Waals surface area contributed by atoms with Crippen molar-refractivity contribution in [3.05, 3.63) is 59.0 Å². The van der Waals surface area contributed by atoms with E-state index in [1.54, 1.807) is 11.3 Å². The number of allylic oxidation sites excluding steroid dienone is 4. The Kier molecular flexibility index (Phi) is 8.98. The van der Waals surface area contributed by atoms with Crippen LogP contribution in [0.5, 0.6) is 0 Å². The summed E-state index contributed by atoms with van der Waals surface area (Å²) in [6, 6.07) is 10.3. The largest absolute Gasteiger partial charge is 0.446 e. The number of nitrogens with zero attached hydrogens (tertiary/aromatic N) is 1. The Bertz CT molecular complexity index is 1760. The van der Waals surface area contributed by atoms with Crippen LogP contribution in [-0.4, -0.2) is 57.9 Å². The Labute approximate surface area is 315 Å². The van der Waals surface area contributed by atoms with E-state index in [1.807, 2.05) is 17.0 Å². The van der Waals surface area contributed by atoms with Crippen LogP contribution in [0.1, 0.15) is 122 Å². The minimum absolute atomic E-state index is 0.0376. The second kappa shape index (κ2) is 12.8. The summed E-state index contributed by atoms with van der Waals surface area (Å²) in [4.78, 5) is 31.8. The van der Waals surface area contributed by atoms with Crippen LogP contribution in [0.25, 0.3) is 10.1 Å². The van der Waals surface area contributed by atoms with Crippen molar-refractivity contribution >= 4 is 33.3 Å². The second-order valence-corrected chi connectivity index (χ2v) is 20.0. The lowest BCUT2D eigenvalue weighted by molar-refractivity contribution is -0.175. The first-order valence-corrected chi connectivity index (χ1v) is 21.3. The summed E-state index contributed by atoms with van der Waals surface area (Å²) >= 11 is 1.58. The van der Waals surface area contributed by atoms with Crippen molar-refractivity contribution in [2.45, 2.75) is 130 Å². The fourth-order valence-corrected chi connectivity index (χ4v) is 14.1. The van der Waals surface area contributed by atoms with Crippen LogP contribution in [0.4, 0.5) is 4.79 Å². The van der Waals surface area contributed by atoms with Gasteiger partial charge in [0.1, 0.15) is 6.10 Å². The molecule has 2 bridgehead atoms. The number of aliphatic hydroxyl groups excluding tert-OH is 1. The molecule has 0 radical (unpaired) electrons. The van der Waals surface area contributed by atoms with Gasteiger partial charge in [-0.25, -0.2) is 4.79 Å². The number of benzene rings is 1. The van der Waals surface area contributed by atoms with E-state index >= 15 is 4.79 Å². The summed E-state index contributed by atoms with van der Waals surface area (Å²) in [5.74, 6) is 1.71. The SMILES string of the molecule is CCCN(CC1(O)CCC2C34C=CC5(C=C3C(=O)c3cc6ccccc6s3)CC(O)CCC5(C)C4CCC21C)C(=O)OC1CC(C)CCC1C(C)C. The first kappa shape index (κ1) is 36.5. The van der Waals surface area contributed by atoms with E-state index in [9.17, 15) is 15.0 Å². The van der Waals surface area contributed by atoms with E-state index in [2.05, 4.69) is 78.0 Å². The van der Waals surface area contributed by atoms with Crippen molar-refractivity contribution in [1.82, 2.24) is 4.90 Å². The number of Topliss-reactive ketones (excluding diaryl/α,β-unsaturated/α-hetero) is 1. The molecule has 0 aliphatic heterocycles. The lowest BCUT2D eigenvalue weighted by Gasteiger charge is -2.71. The second-order valence-electron chi connectivity index (χ2n) is 19.0. The quantitative estimate of drug-likeness (QED) is 0.209. The van der Waals surface area contributed by atoms with Crippen LogP contribution in [0, 0.1) is 51.2 Å². The van der Waals surface area contributed by atoms with Gasteiger partial charge in [-0.15, -0.1) is 11.3 Å². The maximum Gasteiger partial charge on any atom is 0.410 e. The fraction of sp³-hybridized carbons (Fsp3) is 0.689. The number of carbonyl (C=O) groups excluding carboxylic acids is 2. The van der Waals surface area contributed by atoms with Gasteiger partial charge in [-0.2, -0.15) is 0 Å². The van der Waals surface area contributed by atoms with E-state index in [0.29, 0.717) is 37.1 Å². The number of hydrogen-bond donors (Lipinski definition) is 2. The topological polar surface area (TPSA) is 87.1 Å². The molecule has 4 fully saturated rings. The van der Waals surface area contributed by atoms with Crippen LogP contribution in [-0.2, 0) is 4.74 Å². The average Bonchev–Trinajstić information content (AvgIpc) is 3.66. The summed E-state index contributed by atoms with van der Waals surface area (Å²) in [5.41, 5.74) is -1.72. The molecule has 7 heteroatoms. The first-order valence-electron chi connectivity index (χ1n) is 20.5. The zero-order chi connectivity index (χ0) is 36.8. The fourth-order valence-electron chi connectivity index (χ4n) is 13.1. The van der Waals surface area contributed by atoms with Crippen LogP contribution in [0.15, 0.2) is 54.1 Å². The molecule has 1 aromatic carbocycles. The van der Waals surface area contributed by atoms with Gasteiger partial charge in [0.25, 0.3) is 0 Å². The van der Waals surface area contributed by atoms with E-state index in [-0.39, 0.29) is 53.3 Å². The number of rotatable bonds is 8. The molecule has 9 rings (SSSR count). The van der Waals surface area contributed by atoms with Gasteiger partial charge in [0, 0.05) is 33.1 Å². The van der Waals surface area contributed by atoms with E-state index in [4.69, 9.17) is 4.74 Å². The summed E-state index contributed by atoms with van der Waals surface area (Å²) < 4.78 is 7.52. The maximum absolute atomic E-state index is 15.1. The lowest BCUT2D eigenvalue weighted by atomic mass is 9.32. The Morgan fingerprint density at radius 1 is 1.00 bits per heavy atom. The third kappa shape index (κ3) is 5.21. The molecular formula is C45H61NO5S. The summed E-state index contributed by atoms with van der Waals surface area (Å²) in [7, 11) is 0. The van der Waals surface area contributed by atoms with E-state index in [0.717, 1.165) is 71.9 Å². The van der Waals surface area contributed by atoms with Crippen molar-refractivity contribution in [3.63, 3.8) is 0 Å². The third-order valence-corrected chi connectivity index (χ3v) is 17.1. The van der Waals surface area contributed by atoms with E-state index in [1.165, 1.54) is 6.42 Å². The van der Waals surface area contributed by atoms with Gasteiger partial charge < -0.3 is 19.8 Å². The number of amides is 1. The van der Waals surface area contributed by atoms with Gasteiger partial charge in [-0.3, -0.25) is 4.79 Å². The number of fused-ring (bicyclic) bond motifs is 2. The lowest BCUT2D eigenvalue weighted by Crippen LogP contribution is -2.67. The number of carbonyl (C=O) groups is 2. The highest BCUT2D eigenvalue weighted by molar-refractivity contribution is 7.21. The van der Waals surface area contributed by atoms with Gasteiger partial charge in [0.05, 0.1) is 23.1 Å². The minimum atomic E-state index is -1.11. The molecule has 4 saturated carbocycles. The van der Waals surface area contributed by atoms with Crippen molar-refractivity contribution in [2.24, 2.45) is 51.2 Å². The Morgan fingerprint density at radius 2 is 1.73 bits per heavy atom. The number of ketones is 1. The third-order valence-electron chi connectivity index (χ3n) is 16.0. The predicted octanol–water partition coefficient (Wildman–Crippen LogP) is 9.98. The Balaban J connectivity index is 1.15. The molecule has 2 spiro atoms. The molecule has 7 aliphatic carbocycles.